The molecule has 1 unspecified atom stereocenters. The van der Waals surface area contributed by atoms with Gasteiger partial charge in [0.15, 0.2) is 0 Å². The van der Waals surface area contributed by atoms with E-state index in [4.69, 9.17) is 9.47 Å². The third-order valence-electron chi connectivity index (χ3n) is 4.11. The number of allylic oxidation sites excluding steroid dienone is 1. The average molecular weight is 329 g/mol. The topological polar surface area (TPSA) is 38.8 Å². The van der Waals surface area contributed by atoms with E-state index in [9.17, 15) is 4.79 Å². The van der Waals surface area contributed by atoms with Gasteiger partial charge >= 0.3 is 5.97 Å². The van der Waals surface area contributed by atoms with Gasteiger partial charge in [0.1, 0.15) is 0 Å². The van der Waals surface area contributed by atoms with Crippen molar-refractivity contribution in [3.63, 3.8) is 0 Å². The van der Waals surface area contributed by atoms with Crippen LogP contribution in [0.5, 0.6) is 0 Å². The highest BCUT2D eigenvalue weighted by Crippen LogP contribution is 2.35. The van der Waals surface area contributed by atoms with Crippen LogP contribution in [0.25, 0.3) is 0 Å². The summed E-state index contributed by atoms with van der Waals surface area (Å²) in [6.45, 7) is 7.57. The Bertz CT molecular complexity index is 629. The van der Waals surface area contributed by atoms with Gasteiger partial charge in [0.25, 0.3) is 0 Å². The molecular formula is C20H27NO3. The number of aryl methyl sites for hydroxylation is 1. The standard InChI is InChI=1S/C20H27NO3/c1-14(2)12-21-11-10-17(16-8-6-15(3)7-9-16)19(20(22)24-5)18(21)13-23-4/h6-11,14,17H,12-13H2,1-5H3. The van der Waals surface area contributed by atoms with Crippen LogP contribution in [-0.4, -0.2) is 38.2 Å². The molecule has 130 valence electrons. The maximum Gasteiger partial charge on any atom is 0.336 e. The summed E-state index contributed by atoms with van der Waals surface area (Å²) < 4.78 is 10.5. The summed E-state index contributed by atoms with van der Waals surface area (Å²) in [5.41, 5.74) is 3.81. The van der Waals surface area contributed by atoms with Crippen molar-refractivity contribution in [2.24, 2.45) is 5.92 Å². The zero-order valence-electron chi connectivity index (χ0n) is 15.2. The minimum atomic E-state index is -0.300. The predicted molar refractivity (Wildman–Crippen MR) is 95.5 cm³/mol. The molecule has 1 aliphatic heterocycles. The van der Waals surface area contributed by atoms with Gasteiger partial charge < -0.3 is 14.4 Å². The van der Waals surface area contributed by atoms with Gasteiger partial charge in [-0.3, -0.25) is 0 Å². The Kier molecular flexibility index (Phi) is 6.21. The van der Waals surface area contributed by atoms with E-state index in [2.05, 4.69) is 62.2 Å². The third-order valence-corrected chi connectivity index (χ3v) is 4.11. The summed E-state index contributed by atoms with van der Waals surface area (Å²) in [6.07, 6.45) is 4.13. The molecule has 0 aromatic heterocycles. The van der Waals surface area contributed by atoms with Crippen molar-refractivity contribution in [3.05, 3.63) is 58.9 Å². The van der Waals surface area contributed by atoms with Crippen LogP contribution in [0.15, 0.2) is 47.8 Å². The number of esters is 1. The van der Waals surface area contributed by atoms with Gasteiger partial charge in [-0.1, -0.05) is 49.8 Å². The van der Waals surface area contributed by atoms with Crippen LogP contribution < -0.4 is 0 Å². The first-order chi connectivity index (χ1) is 11.5. The van der Waals surface area contributed by atoms with Gasteiger partial charge in [0.2, 0.25) is 0 Å². The van der Waals surface area contributed by atoms with Gasteiger partial charge in [-0.25, -0.2) is 4.79 Å². The van der Waals surface area contributed by atoms with Crippen LogP contribution in [0, 0.1) is 12.8 Å². The van der Waals surface area contributed by atoms with Crippen molar-refractivity contribution in [2.45, 2.75) is 26.7 Å². The van der Waals surface area contributed by atoms with Crippen molar-refractivity contribution < 1.29 is 14.3 Å². The lowest BCUT2D eigenvalue weighted by Gasteiger charge is -2.33. The molecule has 0 saturated carbocycles. The minimum Gasteiger partial charge on any atom is -0.466 e. The molecule has 4 nitrogen and oxygen atoms in total. The zero-order chi connectivity index (χ0) is 17.7. The van der Waals surface area contributed by atoms with Crippen LogP contribution in [0.1, 0.15) is 30.9 Å². The summed E-state index contributed by atoms with van der Waals surface area (Å²) in [7, 11) is 3.08. The fraction of sp³-hybridized carbons (Fsp3) is 0.450. The van der Waals surface area contributed by atoms with E-state index in [0.29, 0.717) is 18.1 Å². The molecule has 0 amide bonds. The van der Waals surface area contributed by atoms with Crippen LogP contribution in [0.3, 0.4) is 0 Å². The molecule has 1 aromatic rings. The molecule has 0 saturated heterocycles. The molecule has 0 radical (unpaired) electrons. The highest BCUT2D eigenvalue weighted by atomic mass is 16.5. The number of methoxy groups -OCH3 is 2. The van der Waals surface area contributed by atoms with E-state index < -0.39 is 0 Å². The zero-order valence-corrected chi connectivity index (χ0v) is 15.2. The van der Waals surface area contributed by atoms with Crippen LogP contribution in [-0.2, 0) is 14.3 Å². The second-order valence-electron chi connectivity index (χ2n) is 6.56. The molecule has 0 bridgehead atoms. The number of carbonyl (C=O) groups excluding carboxylic acids is 1. The van der Waals surface area contributed by atoms with E-state index in [1.54, 1.807) is 7.11 Å². The van der Waals surface area contributed by atoms with E-state index in [-0.39, 0.29) is 11.9 Å². The van der Waals surface area contributed by atoms with E-state index in [1.807, 2.05) is 0 Å². The van der Waals surface area contributed by atoms with Gasteiger partial charge in [0, 0.05) is 25.8 Å². The Morgan fingerprint density at radius 3 is 2.42 bits per heavy atom. The quantitative estimate of drug-likeness (QED) is 0.747. The smallest absolute Gasteiger partial charge is 0.336 e. The molecule has 0 N–H and O–H groups in total. The number of hydrogen-bond acceptors (Lipinski definition) is 4. The maximum absolute atomic E-state index is 12.5. The van der Waals surface area contributed by atoms with Gasteiger partial charge in [-0.05, 0) is 18.4 Å². The summed E-state index contributed by atoms with van der Waals surface area (Å²) in [5, 5.41) is 0. The fourth-order valence-electron chi connectivity index (χ4n) is 2.98. The highest BCUT2D eigenvalue weighted by Gasteiger charge is 2.31. The van der Waals surface area contributed by atoms with E-state index in [1.165, 1.54) is 12.7 Å². The first-order valence-corrected chi connectivity index (χ1v) is 8.29. The van der Waals surface area contributed by atoms with Crippen molar-refractivity contribution in [3.8, 4) is 0 Å². The summed E-state index contributed by atoms with van der Waals surface area (Å²) in [4.78, 5) is 14.6. The van der Waals surface area contributed by atoms with Gasteiger partial charge in [-0.2, -0.15) is 0 Å². The Balaban J connectivity index is 2.50. The number of carbonyl (C=O) groups is 1. The lowest BCUT2D eigenvalue weighted by atomic mass is 9.86. The first kappa shape index (κ1) is 18.3. The van der Waals surface area contributed by atoms with Crippen LogP contribution >= 0.6 is 0 Å². The van der Waals surface area contributed by atoms with Crippen LogP contribution in [0.4, 0.5) is 0 Å². The fourth-order valence-corrected chi connectivity index (χ4v) is 2.98. The number of nitrogens with zero attached hydrogens (tertiary/aromatic N) is 1. The molecule has 0 aliphatic carbocycles. The molecule has 0 spiro atoms. The van der Waals surface area contributed by atoms with Gasteiger partial charge in [-0.15, -0.1) is 0 Å². The molecule has 1 heterocycles. The lowest BCUT2D eigenvalue weighted by molar-refractivity contribution is -0.136. The number of benzene rings is 1. The van der Waals surface area contributed by atoms with Gasteiger partial charge in [0.05, 0.1) is 25.0 Å². The normalized spacial score (nSPS) is 17.6. The second-order valence-corrected chi connectivity index (χ2v) is 6.56. The SMILES string of the molecule is COCC1=C(C(=O)OC)C(c2ccc(C)cc2)C=CN1CC(C)C. The highest BCUT2D eigenvalue weighted by molar-refractivity contribution is 5.92. The maximum atomic E-state index is 12.5. The Hall–Kier alpha value is -2.07. The number of rotatable bonds is 6. The summed E-state index contributed by atoms with van der Waals surface area (Å²) in [6, 6.07) is 8.26. The average Bonchev–Trinajstić information content (AvgIpc) is 2.56. The molecule has 0 fully saturated rings. The Morgan fingerprint density at radius 1 is 1.21 bits per heavy atom. The van der Waals surface area contributed by atoms with E-state index >= 15 is 0 Å². The summed E-state index contributed by atoms with van der Waals surface area (Å²) >= 11 is 0. The van der Waals surface area contributed by atoms with Crippen molar-refractivity contribution in [1.82, 2.24) is 4.90 Å². The summed E-state index contributed by atoms with van der Waals surface area (Å²) in [5.74, 6) is 0.0497. The predicted octanol–water partition coefficient (Wildman–Crippen LogP) is 3.64. The second kappa shape index (κ2) is 8.15. The first-order valence-electron chi connectivity index (χ1n) is 8.29. The molecule has 1 aliphatic rings. The van der Waals surface area contributed by atoms with Crippen molar-refractivity contribution >= 4 is 5.97 Å². The van der Waals surface area contributed by atoms with Crippen LogP contribution in [0.2, 0.25) is 0 Å². The molecule has 24 heavy (non-hydrogen) atoms. The minimum absolute atomic E-state index is 0.119. The monoisotopic (exact) mass is 329 g/mol. The molecule has 1 atom stereocenters. The molecule has 1 aromatic carbocycles. The number of ether oxygens (including phenoxy) is 2. The number of hydrogen-bond donors (Lipinski definition) is 0. The largest absolute Gasteiger partial charge is 0.466 e. The molecule has 4 heteroatoms. The molecular weight excluding hydrogens is 302 g/mol. The Labute approximate surface area is 144 Å². The third kappa shape index (κ3) is 4.06. The Morgan fingerprint density at radius 2 is 1.88 bits per heavy atom. The lowest BCUT2D eigenvalue weighted by Crippen LogP contribution is -2.32. The van der Waals surface area contributed by atoms with E-state index in [0.717, 1.165) is 17.8 Å². The van der Waals surface area contributed by atoms with Crippen molar-refractivity contribution in [2.75, 3.05) is 27.4 Å². The molecule has 2 rings (SSSR count). The van der Waals surface area contributed by atoms with Crippen molar-refractivity contribution in [1.29, 1.82) is 0 Å².